The molecule has 1 aromatic heterocycles. The van der Waals surface area contributed by atoms with E-state index in [4.69, 9.17) is 20.9 Å². The number of halogens is 3. The van der Waals surface area contributed by atoms with Gasteiger partial charge in [0.25, 0.3) is 5.91 Å². The van der Waals surface area contributed by atoms with Gasteiger partial charge in [0.15, 0.2) is 6.10 Å². The van der Waals surface area contributed by atoms with Crippen molar-refractivity contribution in [1.29, 1.82) is 0 Å². The molecule has 0 spiro atoms. The van der Waals surface area contributed by atoms with Crippen molar-refractivity contribution in [3.05, 3.63) is 63.7 Å². The van der Waals surface area contributed by atoms with E-state index < -0.39 is 12.1 Å². The number of rotatable bonds is 6. The minimum Gasteiger partial charge on any atom is -0.480 e. The van der Waals surface area contributed by atoms with Gasteiger partial charge in [-0.2, -0.15) is 4.98 Å². The smallest absolute Gasteiger partial charge is 0.261 e. The highest BCUT2D eigenvalue weighted by atomic mass is 79.9. The first kappa shape index (κ1) is 20.3. The molecule has 1 heterocycles. The fourth-order valence-electron chi connectivity index (χ4n) is 2.33. The van der Waals surface area contributed by atoms with Crippen LogP contribution < -0.4 is 10.1 Å². The third kappa shape index (κ3) is 4.88. The highest BCUT2D eigenvalue weighted by Gasteiger charge is 2.22. The van der Waals surface area contributed by atoms with E-state index in [1.54, 1.807) is 44.2 Å². The number of benzene rings is 2. The van der Waals surface area contributed by atoms with E-state index in [1.807, 2.05) is 0 Å². The van der Waals surface area contributed by atoms with Gasteiger partial charge in [0.05, 0.1) is 4.47 Å². The van der Waals surface area contributed by atoms with Crippen LogP contribution in [0.5, 0.6) is 5.75 Å². The molecule has 3 rings (SSSR count). The summed E-state index contributed by atoms with van der Waals surface area (Å²) in [5.74, 6) is 0.333. The fourth-order valence-corrected chi connectivity index (χ4v) is 3.11. The first-order valence-corrected chi connectivity index (χ1v) is 9.52. The van der Waals surface area contributed by atoms with Crippen LogP contribution in [0.15, 0.2) is 51.5 Å². The normalized spacial score (nSPS) is 13.0. The molecule has 6 nitrogen and oxygen atoms in total. The standard InChI is InChI=1S/C19H16BrClFN3O3/c1-10(19-24-17(25-28-19)12-3-6-14(22)7-4-12)23-18(26)11(2)27-16-8-5-13(21)9-15(16)20/h3-11H,1-2H3,(H,23,26). The second-order valence-corrected chi connectivity index (χ2v) is 7.32. The third-order valence-corrected chi connectivity index (χ3v) is 4.70. The molecule has 0 bridgehead atoms. The first-order chi connectivity index (χ1) is 13.3. The Bertz CT molecular complexity index is 981. The summed E-state index contributed by atoms with van der Waals surface area (Å²) < 4.78 is 24.5. The van der Waals surface area contributed by atoms with Gasteiger partial charge in [-0.25, -0.2) is 4.39 Å². The van der Waals surface area contributed by atoms with E-state index in [9.17, 15) is 9.18 Å². The van der Waals surface area contributed by atoms with Crippen molar-refractivity contribution >= 4 is 33.4 Å². The van der Waals surface area contributed by atoms with Crippen LogP contribution in [-0.2, 0) is 4.79 Å². The second-order valence-electron chi connectivity index (χ2n) is 6.03. The molecule has 0 aliphatic carbocycles. The third-order valence-electron chi connectivity index (χ3n) is 3.84. The van der Waals surface area contributed by atoms with E-state index in [2.05, 4.69) is 31.4 Å². The number of hydrogen-bond donors (Lipinski definition) is 1. The zero-order valence-electron chi connectivity index (χ0n) is 14.9. The minimum atomic E-state index is -0.764. The molecule has 0 aliphatic heterocycles. The van der Waals surface area contributed by atoms with Crippen LogP contribution >= 0.6 is 27.5 Å². The van der Waals surface area contributed by atoms with Crippen LogP contribution in [0.2, 0.25) is 5.02 Å². The van der Waals surface area contributed by atoms with Gasteiger partial charge in [0, 0.05) is 10.6 Å². The quantitative estimate of drug-likeness (QED) is 0.555. The summed E-state index contributed by atoms with van der Waals surface area (Å²) in [4.78, 5) is 16.7. The van der Waals surface area contributed by atoms with E-state index in [0.29, 0.717) is 26.6 Å². The molecule has 0 radical (unpaired) electrons. The topological polar surface area (TPSA) is 77.2 Å². The van der Waals surface area contributed by atoms with E-state index >= 15 is 0 Å². The lowest BCUT2D eigenvalue weighted by Gasteiger charge is -2.17. The van der Waals surface area contributed by atoms with Crippen LogP contribution in [-0.4, -0.2) is 22.2 Å². The number of ether oxygens (including phenoxy) is 1. The Morgan fingerprint density at radius 2 is 1.96 bits per heavy atom. The SMILES string of the molecule is CC(Oc1ccc(Cl)cc1Br)C(=O)NC(C)c1nc(-c2ccc(F)cc2)no1. The Labute approximate surface area is 174 Å². The Kier molecular flexibility index (Phi) is 6.31. The maximum absolute atomic E-state index is 13.0. The summed E-state index contributed by atoms with van der Waals surface area (Å²) in [5.41, 5.74) is 0.610. The van der Waals surface area contributed by atoms with Gasteiger partial charge in [0.2, 0.25) is 11.7 Å². The molecule has 0 saturated carbocycles. The van der Waals surface area contributed by atoms with Crippen LogP contribution in [0.1, 0.15) is 25.8 Å². The van der Waals surface area contributed by atoms with Gasteiger partial charge in [0.1, 0.15) is 17.6 Å². The van der Waals surface area contributed by atoms with Crippen molar-refractivity contribution < 1.29 is 18.4 Å². The van der Waals surface area contributed by atoms with Crippen molar-refractivity contribution in [2.24, 2.45) is 0 Å². The predicted molar refractivity (Wildman–Crippen MR) is 105 cm³/mol. The molecule has 28 heavy (non-hydrogen) atoms. The molecule has 2 atom stereocenters. The Balaban J connectivity index is 1.63. The molecule has 146 valence electrons. The maximum atomic E-state index is 13.0. The highest BCUT2D eigenvalue weighted by molar-refractivity contribution is 9.10. The average Bonchev–Trinajstić information content (AvgIpc) is 3.14. The Morgan fingerprint density at radius 1 is 1.25 bits per heavy atom. The molecule has 9 heteroatoms. The lowest BCUT2D eigenvalue weighted by molar-refractivity contribution is -0.128. The van der Waals surface area contributed by atoms with Crippen molar-refractivity contribution in [2.75, 3.05) is 0 Å². The van der Waals surface area contributed by atoms with Gasteiger partial charge >= 0.3 is 0 Å². The van der Waals surface area contributed by atoms with Crippen LogP contribution in [0.25, 0.3) is 11.4 Å². The van der Waals surface area contributed by atoms with Crippen LogP contribution in [0.4, 0.5) is 4.39 Å². The molecular weight excluding hydrogens is 453 g/mol. The summed E-state index contributed by atoms with van der Waals surface area (Å²) in [6, 6.07) is 10.2. The predicted octanol–water partition coefficient (Wildman–Crippen LogP) is 4.94. The fraction of sp³-hybridized carbons (Fsp3) is 0.211. The maximum Gasteiger partial charge on any atom is 0.261 e. The summed E-state index contributed by atoms with van der Waals surface area (Å²) in [6.07, 6.45) is -0.764. The average molecular weight is 469 g/mol. The molecule has 1 amide bonds. The van der Waals surface area contributed by atoms with Crippen LogP contribution in [0, 0.1) is 5.82 Å². The number of hydrogen-bond acceptors (Lipinski definition) is 5. The van der Waals surface area contributed by atoms with Crippen molar-refractivity contribution in [3.8, 4) is 17.1 Å². The molecule has 1 N–H and O–H groups in total. The molecule has 2 unspecified atom stereocenters. The van der Waals surface area contributed by atoms with Crippen molar-refractivity contribution in [1.82, 2.24) is 15.5 Å². The zero-order chi connectivity index (χ0) is 20.3. The van der Waals surface area contributed by atoms with E-state index in [-0.39, 0.29) is 17.6 Å². The summed E-state index contributed by atoms with van der Waals surface area (Å²) in [6.45, 7) is 3.34. The van der Waals surface area contributed by atoms with Gasteiger partial charge in [-0.1, -0.05) is 16.8 Å². The summed E-state index contributed by atoms with van der Waals surface area (Å²) in [5, 5.41) is 7.18. The number of amides is 1. The highest BCUT2D eigenvalue weighted by Crippen LogP contribution is 2.29. The Morgan fingerprint density at radius 3 is 2.64 bits per heavy atom. The van der Waals surface area contributed by atoms with Crippen molar-refractivity contribution in [2.45, 2.75) is 26.0 Å². The lowest BCUT2D eigenvalue weighted by Crippen LogP contribution is -2.37. The second kappa shape index (κ2) is 8.70. The van der Waals surface area contributed by atoms with Crippen molar-refractivity contribution in [3.63, 3.8) is 0 Å². The number of aromatic nitrogens is 2. The summed E-state index contributed by atoms with van der Waals surface area (Å²) >= 11 is 9.24. The number of carbonyl (C=O) groups excluding carboxylic acids is 1. The number of nitrogens with one attached hydrogen (secondary N) is 1. The molecular formula is C19H16BrClFN3O3. The van der Waals surface area contributed by atoms with E-state index in [1.165, 1.54) is 12.1 Å². The Hall–Kier alpha value is -2.45. The molecule has 0 aliphatic rings. The molecule has 0 saturated heterocycles. The van der Waals surface area contributed by atoms with Crippen LogP contribution in [0.3, 0.4) is 0 Å². The molecule has 2 aromatic carbocycles. The van der Waals surface area contributed by atoms with Gasteiger partial charge in [-0.3, -0.25) is 4.79 Å². The largest absolute Gasteiger partial charge is 0.480 e. The van der Waals surface area contributed by atoms with Gasteiger partial charge in [-0.15, -0.1) is 0 Å². The monoisotopic (exact) mass is 467 g/mol. The zero-order valence-corrected chi connectivity index (χ0v) is 17.3. The van der Waals surface area contributed by atoms with E-state index in [0.717, 1.165) is 0 Å². The number of nitrogens with zero attached hydrogens (tertiary/aromatic N) is 2. The minimum absolute atomic E-state index is 0.229. The van der Waals surface area contributed by atoms with Gasteiger partial charge < -0.3 is 14.6 Å². The molecule has 0 fully saturated rings. The van der Waals surface area contributed by atoms with Gasteiger partial charge in [-0.05, 0) is 72.2 Å². The lowest BCUT2D eigenvalue weighted by atomic mass is 10.2. The first-order valence-electron chi connectivity index (χ1n) is 8.35. The summed E-state index contributed by atoms with van der Waals surface area (Å²) in [7, 11) is 0. The molecule has 3 aromatic rings. The number of carbonyl (C=O) groups is 1.